The summed E-state index contributed by atoms with van der Waals surface area (Å²) < 4.78 is 0. The number of halogens is 1. The molecule has 4 heteroatoms. The van der Waals surface area contributed by atoms with Gasteiger partial charge in [-0.3, -0.25) is 4.79 Å². The van der Waals surface area contributed by atoms with E-state index < -0.39 is 5.97 Å². The van der Waals surface area contributed by atoms with Gasteiger partial charge in [0.05, 0.1) is 12.0 Å². The number of hydrogen-bond acceptors (Lipinski definition) is 2. The molecule has 0 amide bonds. The fourth-order valence-corrected chi connectivity index (χ4v) is 1.47. The van der Waals surface area contributed by atoms with Gasteiger partial charge in [-0.25, -0.2) is 0 Å². The van der Waals surface area contributed by atoms with Crippen molar-refractivity contribution in [1.29, 1.82) is 5.26 Å². The lowest BCUT2D eigenvalue weighted by atomic mass is 9.83. The Morgan fingerprint density at radius 1 is 1.33 bits per heavy atom. The van der Waals surface area contributed by atoms with E-state index in [4.69, 9.17) is 10.4 Å². The lowest BCUT2D eigenvalue weighted by molar-refractivity contribution is -0.142. The third-order valence-corrected chi connectivity index (χ3v) is 2.26. The van der Waals surface area contributed by atoms with E-state index in [-0.39, 0.29) is 24.2 Å². The van der Waals surface area contributed by atoms with Crippen molar-refractivity contribution in [3.8, 4) is 6.07 Å². The Hall–Kier alpha value is -0.750. The van der Waals surface area contributed by atoms with E-state index in [0.717, 1.165) is 12.8 Å². The van der Waals surface area contributed by atoms with Crippen LogP contribution in [0.25, 0.3) is 0 Å². The summed E-state index contributed by atoms with van der Waals surface area (Å²) in [6.07, 6.45) is 2.86. The zero-order valence-electron chi connectivity index (χ0n) is 6.69. The number of aliphatic carboxylic acids is 1. The summed E-state index contributed by atoms with van der Waals surface area (Å²) in [7, 11) is 0. The lowest BCUT2D eigenvalue weighted by Crippen LogP contribution is -2.20. The van der Waals surface area contributed by atoms with E-state index in [1.807, 2.05) is 0 Å². The molecule has 0 atom stereocenters. The van der Waals surface area contributed by atoms with Crippen LogP contribution in [0.2, 0.25) is 0 Å². The molecule has 3 nitrogen and oxygen atoms in total. The molecular weight excluding hydrogens is 178 g/mol. The van der Waals surface area contributed by atoms with E-state index in [0.29, 0.717) is 12.8 Å². The molecule has 1 N–H and O–H groups in total. The summed E-state index contributed by atoms with van der Waals surface area (Å²) in [4.78, 5) is 10.5. The minimum absolute atomic E-state index is 0. The number of carbonyl (C=O) groups is 1. The van der Waals surface area contributed by atoms with E-state index >= 15 is 0 Å². The SMILES string of the molecule is Cl.N#C[C@H]1CC[C@@H](C(=O)O)CC1. The first kappa shape index (κ1) is 11.2. The van der Waals surface area contributed by atoms with Crippen molar-refractivity contribution >= 4 is 18.4 Å². The van der Waals surface area contributed by atoms with Crippen molar-refractivity contribution in [2.45, 2.75) is 25.7 Å². The molecule has 0 aliphatic heterocycles. The Bertz CT molecular complexity index is 192. The van der Waals surface area contributed by atoms with Gasteiger partial charge in [0.15, 0.2) is 0 Å². The van der Waals surface area contributed by atoms with Gasteiger partial charge in [-0.2, -0.15) is 5.26 Å². The second-order valence-corrected chi connectivity index (χ2v) is 3.02. The van der Waals surface area contributed by atoms with E-state index in [1.165, 1.54) is 0 Å². The van der Waals surface area contributed by atoms with Gasteiger partial charge in [-0.05, 0) is 25.7 Å². The first-order valence-electron chi connectivity index (χ1n) is 3.86. The molecule has 1 fully saturated rings. The Kier molecular flexibility index (Phi) is 4.68. The van der Waals surface area contributed by atoms with Gasteiger partial charge >= 0.3 is 5.97 Å². The maximum absolute atomic E-state index is 10.5. The van der Waals surface area contributed by atoms with Gasteiger partial charge in [0.25, 0.3) is 0 Å². The van der Waals surface area contributed by atoms with E-state index in [2.05, 4.69) is 6.07 Å². The summed E-state index contributed by atoms with van der Waals surface area (Å²) in [6.45, 7) is 0. The van der Waals surface area contributed by atoms with Crippen LogP contribution in [-0.2, 0) is 4.79 Å². The Morgan fingerprint density at radius 3 is 2.17 bits per heavy atom. The monoisotopic (exact) mass is 189 g/mol. The molecular formula is C8H12ClNO2. The zero-order valence-corrected chi connectivity index (χ0v) is 7.51. The second kappa shape index (κ2) is 5.00. The van der Waals surface area contributed by atoms with Crippen molar-refractivity contribution in [2.75, 3.05) is 0 Å². The van der Waals surface area contributed by atoms with Gasteiger partial charge in [-0.15, -0.1) is 12.4 Å². The van der Waals surface area contributed by atoms with Crippen LogP contribution in [0.5, 0.6) is 0 Å². The molecule has 0 aromatic carbocycles. The summed E-state index contributed by atoms with van der Waals surface area (Å²) in [5.41, 5.74) is 0. The van der Waals surface area contributed by atoms with Crippen LogP contribution in [0.15, 0.2) is 0 Å². The van der Waals surface area contributed by atoms with E-state index in [9.17, 15) is 4.79 Å². The van der Waals surface area contributed by atoms with Crippen molar-refractivity contribution in [3.63, 3.8) is 0 Å². The number of carboxylic acids is 1. The zero-order chi connectivity index (χ0) is 8.27. The number of hydrogen-bond donors (Lipinski definition) is 1. The first-order valence-corrected chi connectivity index (χ1v) is 3.86. The highest BCUT2D eigenvalue weighted by Gasteiger charge is 2.25. The minimum Gasteiger partial charge on any atom is -0.481 e. The number of carboxylic acid groups (broad SMARTS) is 1. The third kappa shape index (κ3) is 2.71. The quantitative estimate of drug-likeness (QED) is 0.685. The lowest BCUT2D eigenvalue weighted by Gasteiger charge is -2.20. The Morgan fingerprint density at radius 2 is 1.83 bits per heavy atom. The molecule has 0 spiro atoms. The molecule has 68 valence electrons. The molecule has 1 rings (SSSR count). The molecule has 0 heterocycles. The van der Waals surface area contributed by atoms with Crippen LogP contribution in [-0.4, -0.2) is 11.1 Å². The van der Waals surface area contributed by atoms with E-state index in [1.54, 1.807) is 0 Å². The summed E-state index contributed by atoms with van der Waals surface area (Å²) >= 11 is 0. The van der Waals surface area contributed by atoms with Gasteiger partial charge in [0, 0.05) is 5.92 Å². The first-order chi connectivity index (χ1) is 5.24. The Balaban J connectivity index is 0.00000121. The predicted molar refractivity (Wildman–Crippen MR) is 45.9 cm³/mol. The maximum Gasteiger partial charge on any atom is 0.306 e. The van der Waals surface area contributed by atoms with Crippen LogP contribution < -0.4 is 0 Å². The average molecular weight is 190 g/mol. The van der Waals surface area contributed by atoms with Crippen LogP contribution in [0.3, 0.4) is 0 Å². The summed E-state index contributed by atoms with van der Waals surface area (Å²) in [6, 6.07) is 2.17. The van der Waals surface area contributed by atoms with Gasteiger partial charge in [0.2, 0.25) is 0 Å². The smallest absolute Gasteiger partial charge is 0.306 e. The average Bonchev–Trinajstić information content (AvgIpc) is 2.05. The standard InChI is InChI=1S/C8H11NO2.ClH/c9-5-6-1-3-7(4-2-6)8(10)11;/h6-7H,1-4H2,(H,10,11);1H/t6-,7+;. The van der Waals surface area contributed by atoms with Crippen LogP contribution in [0, 0.1) is 23.2 Å². The third-order valence-electron chi connectivity index (χ3n) is 2.26. The highest BCUT2D eigenvalue weighted by Crippen LogP contribution is 2.27. The minimum atomic E-state index is -0.707. The van der Waals surface area contributed by atoms with Crippen molar-refractivity contribution < 1.29 is 9.90 Å². The Labute approximate surface area is 77.8 Å². The van der Waals surface area contributed by atoms with Crippen LogP contribution in [0.4, 0.5) is 0 Å². The molecule has 0 aromatic heterocycles. The highest BCUT2D eigenvalue weighted by molar-refractivity contribution is 5.85. The van der Waals surface area contributed by atoms with Gasteiger partial charge in [-0.1, -0.05) is 0 Å². The van der Waals surface area contributed by atoms with Gasteiger partial charge in [0.1, 0.15) is 0 Å². The fraction of sp³-hybridized carbons (Fsp3) is 0.750. The summed E-state index contributed by atoms with van der Waals surface area (Å²) in [5, 5.41) is 17.1. The van der Waals surface area contributed by atoms with Crippen LogP contribution in [0.1, 0.15) is 25.7 Å². The normalized spacial score (nSPS) is 28.2. The van der Waals surface area contributed by atoms with Crippen molar-refractivity contribution in [1.82, 2.24) is 0 Å². The van der Waals surface area contributed by atoms with Gasteiger partial charge < -0.3 is 5.11 Å². The molecule has 1 saturated carbocycles. The maximum atomic E-state index is 10.5. The summed E-state index contributed by atoms with van der Waals surface area (Å²) in [5.74, 6) is -0.799. The molecule has 0 bridgehead atoms. The molecule has 0 aromatic rings. The topological polar surface area (TPSA) is 61.1 Å². The largest absolute Gasteiger partial charge is 0.481 e. The molecule has 1 aliphatic carbocycles. The molecule has 12 heavy (non-hydrogen) atoms. The number of nitrogens with zero attached hydrogens (tertiary/aromatic N) is 1. The second-order valence-electron chi connectivity index (χ2n) is 3.02. The van der Waals surface area contributed by atoms with Crippen LogP contribution >= 0.6 is 12.4 Å². The molecule has 1 aliphatic rings. The van der Waals surface area contributed by atoms with Crippen molar-refractivity contribution in [2.24, 2.45) is 11.8 Å². The predicted octanol–water partition coefficient (Wildman–Crippen LogP) is 1.82. The molecule has 0 unspecified atom stereocenters. The molecule has 0 saturated heterocycles. The molecule has 0 radical (unpaired) electrons. The number of rotatable bonds is 1. The van der Waals surface area contributed by atoms with Crippen molar-refractivity contribution in [3.05, 3.63) is 0 Å². The fourth-order valence-electron chi connectivity index (χ4n) is 1.47. The number of nitriles is 1. The highest BCUT2D eigenvalue weighted by atomic mass is 35.5.